The van der Waals surface area contributed by atoms with Crippen molar-refractivity contribution < 1.29 is 48.9 Å². The number of fused-ring (bicyclic) bond motifs is 2. The fourth-order valence-electron chi connectivity index (χ4n) is 4.77. The number of anilines is 1. The molecule has 6 heterocycles. The van der Waals surface area contributed by atoms with Crippen LogP contribution in [0.3, 0.4) is 0 Å². The van der Waals surface area contributed by atoms with Crippen LogP contribution in [0.25, 0.3) is 22.3 Å². The number of aliphatic hydroxyl groups is 6. The van der Waals surface area contributed by atoms with Gasteiger partial charge in [0.15, 0.2) is 47.3 Å². The number of alkyl halides is 2. The third kappa shape index (κ3) is 4.29. The van der Waals surface area contributed by atoms with Crippen molar-refractivity contribution in [3.05, 3.63) is 35.7 Å². The molecule has 0 amide bonds. The fraction of sp³-hybridized carbons (Fsp3) is 0.417. The number of hydrogen-bond donors (Lipinski definition) is 8. The predicted octanol–water partition coefficient (Wildman–Crippen LogP) is -3.65. The summed E-state index contributed by atoms with van der Waals surface area (Å²) in [5.74, 6) is -2.06. The van der Waals surface area contributed by atoms with Crippen LogP contribution in [0.5, 0.6) is 0 Å². The van der Waals surface area contributed by atoms with Gasteiger partial charge in [0.1, 0.15) is 25.1 Å². The number of hydrogen-bond acceptors (Lipinski definition) is 15. The maximum atomic E-state index is 14.4. The Balaban J connectivity index is 0.000000175. The van der Waals surface area contributed by atoms with Crippen molar-refractivity contribution in [1.82, 2.24) is 39.0 Å². The average molecular weight is 619 g/mol. The molecule has 8 atom stereocenters. The lowest BCUT2D eigenvalue weighted by Gasteiger charge is -2.26. The van der Waals surface area contributed by atoms with Crippen LogP contribution in [-0.2, 0) is 9.47 Å². The van der Waals surface area contributed by atoms with Gasteiger partial charge in [0, 0.05) is 0 Å². The molecule has 232 valence electrons. The highest BCUT2D eigenvalue weighted by Crippen LogP contribution is 2.46. The molecule has 2 fully saturated rings. The first-order valence-corrected chi connectivity index (χ1v) is 12.3. The van der Waals surface area contributed by atoms with Gasteiger partial charge in [-0.05, 0) is 0 Å². The van der Waals surface area contributed by atoms with Crippen LogP contribution < -0.4 is 11.3 Å². The maximum absolute atomic E-state index is 14.4. The summed E-state index contributed by atoms with van der Waals surface area (Å²) in [6.07, 6.45) is 7.30. The number of H-pyrrole nitrogens is 1. The molecule has 0 aliphatic carbocycles. The summed E-state index contributed by atoms with van der Waals surface area (Å²) in [5, 5.41) is 58.7. The molecule has 0 aromatic carbocycles. The summed E-state index contributed by atoms with van der Waals surface area (Å²) in [6, 6.07) is 0. The number of ether oxygens (including phenoxy) is 2. The molecule has 0 bridgehead atoms. The first-order chi connectivity index (χ1) is 20.7. The van der Waals surface area contributed by atoms with Gasteiger partial charge in [-0.25, -0.2) is 33.7 Å². The molecule has 4 aromatic rings. The van der Waals surface area contributed by atoms with E-state index in [2.05, 4.69) is 29.9 Å². The molecule has 2 saturated heterocycles. The fourth-order valence-corrected chi connectivity index (χ4v) is 4.77. The zero-order valence-electron chi connectivity index (χ0n) is 22.1. The number of rotatable bonds is 4. The van der Waals surface area contributed by atoms with Crippen molar-refractivity contribution in [2.75, 3.05) is 18.9 Å². The third-order valence-corrected chi connectivity index (χ3v) is 7.17. The van der Waals surface area contributed by atoms with Crippen molar-refractivity contribution in [3.8, 4) is 24.7 Å². The van der Waals surface area contributed by atoms with E-state index in [9.17, 15) is 34.0 Å². The quantitative estimate of drug-likeness (QED) is 0.102. The number of nitrogens with one attached hydrogen (secondary N) is 1. The maximum Gasteiger partial charge on any atom is 0.278 e. The van der Waals surface area contributed by atoms with Gasteiger partial charge in [-0.2, -0.15) is 0 Å². The van der Waals surface area contributed by atoms with E-state index in [-0.39, 0.29) is 28.1 Å². The van der Waals surface area contributed by atoms with Crippen molar-refractivity contribution in [1.29, 1.82) is 0 Å². The van der Waals surface area contributed by atoms with Crippen LogP contribution in [-0.4, -0.2) is 118 Å². The number of halogens is 2. The molecule has 9 N–H and O–H groups in total. The van der Waals surface area contributed by atoms with Crippen molar-refractivity contribution in [3.63, 3.8) is 0 Å². The first kappa shape index (κ1) is 30.8. The lowest BCUT2D eigenvalue weighted by Crippen LogP contribution is -2.49. The minimum Gasteiger partial charge on any atom is -0.390 e. The number of nitrogens with zero attached hydrogens (tertiary/aromatic N) is 7. The molecule has 4 aromatic heterocycles. The average Bonchev–Trinajstić information content (AvgIpc) is 3.75. The first-order valence-electron chi connectivity index (χ1n) is 12.3. The molecule has 18 nitrogen and oxygen atoms in total. The SMILES string of the molecule is C#C[C@]1(O)[C@H](n2cnc3c(=O)[nH]cnc32)O[C@](F)(CO)[C@H]1O.C#C[C@]1(O)[C@H](n2cnc3c(N)ncnc32)O[C@](F)(CO)[C@H]1O. The summed E-state index contributed by atoms with van der Waals surface area (Å²) in [4.78, 5) is 33.2. The molecule has 0 unspecified atom stereocenters. The molecule has 20 heteroatoms. The molecular weight excluding hydrogens is 596 g/mol. The van der Waals surface area contributed by atoms with Crippen LogP contribution in [0.1, 0.15) is 12.5 Å². The Morgan fingerprint density at radius 1 is 0.886 bits per heavy atom. The highest BCUT2D eigenvalue weighted by molar-refractivity contribution is 5.81. The van der Waals surface area contributed by atoms with Crippen molar-refractivity contribution in [2.45, 2.75) is 47.6 Å². The molecule has 6 rings (SSSR count). The molecular formula is C24H23F2N9O9. The second-order valence-corrected chi connectivity index (χ2v) is 9.71. The van der Waals surface area contributed by atoms with Gasteiger partial charge in [-0.3, -0.25) is 13.9 Å². The van der Waals surface area contributed by atoms with Crippen LogP contribution in [0.2, 0.25) is 0 Å². The Kier molecular flexibility index (Phi) is 7.36. The summed E-state index contributed by atoms with van der Waals surface area (Å²) < 4.78 is 40.7. The smallest absolute Gasteiger partial charge is 0.278 e. The molecule has 0 radical (unpaired) electrons. The Morgan fingerprint density at radius 3 is 1.84 bits per heavy atom. The number of imidazole rings is 2. The van der Waals surface area contributed by atoms with Gasteiger partial charge in [0.25, 0.3) is 17.3 Å². The third-order valence-electron chi connectivity index (χ3n) is 7.17. The van der Waals surface area contributed by atoms with E-state index in [0.717, 1.165) is 28.1 Å². The Bertz CT molecular complexity index is 1870. The second-order valence-electron chi connectivity index (χ2n) is 9.71. The van der Waals surface area contributed by atoms with E-state index in [1.807, 2.05) is 11.8 Å². The van der Waals surface area contributed by atoms with E-state index in [1.54, 1.807) is 0 Å². The molecule has 2 aliphatic rings. The Morgan fingerprint density at radius 2 is 1.36 bits per heavy atom. The van der Waals surface area contributed by atoms with Crippen molar-refractivity contribution in [2.24, 2.45) is 0 Å². The van der Waals surface area contributed by atoms with E-state index in [0.29, 0.717) is 0 Å². The normalized spacial score (nSPS) is 34.9. The number of aromatic nitrogens is 8. The Hall–Kier alpha value is -4.64. The number of aliphatic hydroxyl groups excluding tert-OH is 4. The number of terminal acetylenes is 2. The highest BCUT2D eigenvalue weighted by atomic mass is 19.2. The minimum atomic E-state index is -2.97. The predicted molar refractivity (Wildman–Crippen MR) is 140 cm³/mol. The van der Waals surface area contributed by atoms with Gasteiger partial charge in [0.2, 0.25) is 11.2 Å². The number of nitrogen functional groups attached to an aromatic ring is 1. The van der Waals surface area contributed by atoms with E-state index >= 15 is 0 Å². The largest absolute Gasteiger partial charge is 0.390 e. The standard InChI is InChI=1S/C12H12FN5O4.C12H11FN4O5/c1-2-11(21)9(20)12(13,3-19)22-10(11)18-5-17-6-7(14)15-4-16-8(6)18;1-2-11(21)9(20)12(13,3-18)22-10(11)17-5-16-6-7(17)14-4-15-8(6)19/h1,4-5,9-10,19-21H,3H2,(H2,14,15,16);1,4-5,9-10,18,20-21H,3H2,(H,14,15,19)/t2*9-,10+,11+,12+/m00/s1. The van der Waals surface area contributed by atoms with Gasteiger partial charge in [-0.1, -0.05) is 11.8 Å². The van der Waals surface area contributed by atoms with Crippen LogP contribution >= 0.6 is 0 Å². The van der Waals surface area contributed by atoms with Gasteiger partial charge >= 0.3 is 0 Å². The molecule has 0 saturated carbocycles. The zero-order chi connectivity index (χ0) is 32.2. The highest BCUT2D eigenvalue weighted by Gasteiger charge is 2.66. The molecule has 44 heavy (non-hydrogen) atoms. The lowest BCUT2D eigenvalue weighted by atomic mass is 9.94. The number of aromatic amines is 1. The van der Waals surface area contributed by atoms with E-state index in [4.69, 9.17) is 38.3 Å². The zero-order valence-corrected chi connectivity index (χ0v) is 22.1. The topological polar surface area (TPSA) is 273 Å². The molecule has 2 aliphatic heterocycles. The van der Waals surface area contributed by atoms with Crippen molar-refractivity contribution >= 4 is 28.1 Å². The van der Waals surface area contributed by atoms with Crippen LogP contribution in [0, 0.1) is 24.7 Å². The van der Waals surface area contributed by atoms with Gasteiger partial charge in [-0.15, -0.1) is 12.8 Å². The van der Waals surface area contributed by atoms with E-state index < -0.39 is 66.3 Å². The monoisotopic (exact) mass is 619 g/mol. The van der Waals surface area contributed by atoms with E-state index in [1.165, 1.54) is 6.33 Å². The van der Waals surface area contributed by atoms with Gasteiger partial charge in [0.05, 0.1) is 19.0 Å². The summed E-state index contributed by atoms with van der Waals surface area (Å²) in [7, 11) is 0. The summed E-state index contributed by atoms with van der Waals surface area (Å²) in [6.45, 7) is -2.42. The summed E-state index contributed by atoms with van der Waals surface area (Å²) in [5.41, 5.74) is 0.362. The Labute approximate surface area is 243 Å². The molecule has 0 spiro atoms. The minimum absolute atomic E-state index is 0.0307. The van der Waals surface area contributed by atoms with Crippen LogP contribution in [0.4, 0.5) is 14.6 Å². The second kappa shape index (κ2) is 10.5. The van der Waals surface area contributed by atoms with Gasteiger partial charge < -0.3 is 50.8 Å². The lowest BCUT2D eigenvalue weighted by molar-refractivity contribution is -0.206. The summed E-state index contributed by atoms with van der Waals surface area (Å²) >= 11 is 0. The number of nitrogens with two attached hydrogens (primary N) is 1. The van der Waals surface area contributed by atoms with Crippen LogP contribution in [0.15, 0.2) is 30.1 Å².